The molecule has 3 rings (SSSR count). The van der Waals surface area contributed by atoms with Gasteiger partial charge in [-0.05, 0) is 30.5 Å². The van der Waals surface area contributed by atoms with Crippen LogP contribution in [0.1, 0.15) is 18.4 Å². The van der Waals surface area contributed by atoms with Crippen LogP contribution in [-0.4, -0.2) is 52.2 Å². The van der Waals surface area contributed by atoms with Crippen LogP contribution in [0.3, 0.4) is 0 Å². The predicted octanol–water partition coefficient (Wildman–Crippen LogP) is 1.32. The SMILES string of the molecule is CNC(=O)C1(Nc2ccnn2C)CCN(C(=O)Cc2cccc(F)c2)CC1. The zero-order valence-electron chi connectivity index (χ0n) is 15.5. The topological polar surface area (TPSA) is 79.3 Å². The average molecular weight is 373 g/mol. The molecule has 0 unspecified atom stereocenters. The molecule has 0 bridgehead atoms. The molecule has 0 saturated carbocycles. The number of piperidine rings is 1. The van der Waals surface area contributed by atoms with Crippen molar-refractivity contribution >= 4 is 17.6 Å². The van der Waals surface area contributed by atoms with Crippen molar-refractivity contribution in [2.24, 2.45) is 7.05 Å². The Labute approximate surface area is 157 Å². The van der Waals surface area contributed by atoms with Crippen LogP contribution in [0.2, 0.25) is 0 Å². The number of carbonyl (C=O) groups is 2. The Morgan fingerprint density at radius 1 is 1.26 bits per heavy atom. The molecule has 2 N–H and O–H groups in total. The van der Waals surface area contributed by atoms with Gasteiger partial charge in [0.1, 0.15) is 17.2 Å². The van der Waals surface area contributed by atoms with E-state index in [0.717, 1.165) is 5.82 Å². The fourth-order valence-electron chi connectivity index (χ4n) is 3.46. The first-order valence-electron chi connectivity index (χ1n) is 8.94. The Hall–Kier alpha value is -2.90. The Balaban J connectivity index is 1.67. The standard InChI is InChI=1S/C19H24FN5O2/c1-21-18(27)19(23-16-6-9-22-24(16)2)7-10-25(11-8-19)17(26)13-14-4-3-5-15(20)12-14/h3-6,9,12,23H,7-8,10-11,13H2,1-2H3,(H,21,27). The molecule has 0 spiro atoms. The lowest BCUT2D eigenvalue weighted by Crippen LogP contribution is -2.58. The highest BCUT2D eigenvalue weighted by atomic mass is 19.1. The molecule has 1 aromatic carbocycles. The summed E-state index contributed by atoms with van der Waals surface area (Å²) in [5.41, 5.74) is -0.144. The quantitative estimate of drug-likeness (QED) is 0.829. The van der Waals surface area contributed by atoms with E-state index in [1.165, 1.54) is 12.1 Å². The number of nitrogens with zero attached hydrogens (tertiary/aromatic N) is 3. The molecule has 1 aromatic heterocycles. The molecule has 1 aliphatic rings. The minimum Gasteiger partial charge on any atom is -0.357 e. The summed E-state index contributed by atoms with van der Waals surface area (Å²) in [7, 11) is 3.41. The second-order valence-corrected chi connectivity index (χ2v) is 6.81. The zero-order valence-corrected chi connectivity index (χ0v) is 15.5. The molecule has 2 amide bonds. The lowest BCUT2D eigenvalue weighted by Gasteiger charge is -2.41. The van der Waals surface area contributed by atoms with Gasteiger partial charge in [0.25, 0.3) is 0 Å². The number of nitrogens with one attached hydrogen (secondary N) is 2. The van der Waals surface area contributed by atoms with Gasteiger partial charge in [0.2, 0.25) is 11.8 Å². The zero-order chi connectivity index (χ0) is 19.4. The Bertz CT molecular complexity index is 827. The van der Waals surface area contributed by atoms with E-state index in [1.807, 2.05) is 6.07 Å². The van der Waals surface area contributed by atoms with Crippen LogP contribution < -0.4 is 10.6 Å². The molecule has 0 atom stereocenters. The first-order chi connectivity index (χ1) is 12.9. The minimum absolute atomic E-state index is 0.0633. The molecule has 2 aromatic rings. The van der Waals surface area contributed by atoms with Crippen LogP contribution >= 0.6 is 0 Å². The number of benzene rings is 1. The van der Waals surface area contributed by atoms with Crippen molar-refractivity contribution in [3.63, 3.8) is 0 Å². The highest BCUT2D eigenvalue weighted by Gasteiger charge is 2.42. The lowest BCUT2D eigenvalue weighted by atomic mass is 9.86. The number of aryl methyl sites for hydroxylation is 1. The van der Waals surface area contributed by atoms with Crippen molar-refractivity contribution < 1.29 is 14.0 Å². The number of halogens is 1. The van der Waals surface area contributed by atoms with E-state index in [2.05, 4.69) is 15.7 Å². The van der Waals surface area contributed by atoms with Crippen LogP contribution in [0.15, 0.2) is 36.5 Å². The summed E-state index contributed by atoms with van der Waals surface area (Å²) in [5.74, 6) is 0.226. The second kappa shape index (κ2) is 7.77. The molecule has 2 heterocycles. The number of hydrogen-bond acceptors (Lipinski definition) is 4. The summed E-state index contributed by atoms with van der Waals surface area (Å²) in [6.07, 6.45) is 2.77. The van der Waals surface area contributed by atoms with E-state index in [9.17, 15) is 14.0 Å². The van der Waals surface area contributed by atoms with Crippen LogP contribution in [0.4, 0.5) is 10.2 Å². The molecule has 1 saturated heterocycles. The van der Waals surface area contributed by atoms with E-state index < -0.39 is 5.54 Å². The molecule has 8 heteroatoms. The van der Waals surface area contributed by atoms with Gasteiger partial charge in [-0.15, -0.1) is 0 Å². The number of hydrogen-bond donors (Lipinski definition) is 2. The highest BCUT2D eigenvalue weighted by molar-refractivity contribution is 5.89. The Morgan fingerprint density at radius 3 is 2.59 bits per heavy atom. The molecule has 0 radical (unpaired) electrons. The summed E-state index contributed by atoms with van der Waals surface area (Å²) < 4.78 is 15.0. The van der Waals surface area contributed by atoms with E-state index in [1.54, 1.807) is 42.0 Å². The summed E-state index contributed by atoms with van der Waals surface area (Å²) >= 11 is 0. The molecule has 0 aliphatic carbocycles. The number of carbonyl (C=O) groups excluding carboxylic acids is 2. The number of amides is 2. The van der Waals surface area contributed by atoms with Crippen molar-refractivity contribution in [1.82, 2.24) is 20.0 Å². The van der Waals surface area contributed by atoms with Crippen LogP contribution in [0, 0.1) is 5.82 Å². The van der Waals surface area contributed by atoms with Gasteiger partial charge in [-0.25, -0.2) is 4.39 Å². The fourth-order valence-corrected chi connectivity index (χ4v) is 3.46. The van der Waals surface area contributed by atoms with Crippen molar-refractivity contribution in [3.8, 4) is 0 Å². The monoisotopic (exact) mass is 373 g/mol. The third-order valence-corrected chi connectivity index (χ3v) is 5.06. The van der Waals surface area contributed by atoms with Gasteiger partial charge in [0.05, 0.1) is 12.6 Å². The van der Waals surface area contributed by atoms with Gasteiger partial charge < -0.3 is 15.5 Å². The van der Waals surface area contributed by atoms with Gasteiger partial charge in [-0.1, -0.05) is 12.1 Å². The maximum Gasteiger partial charge on any atom is 0.245 e. The summed E-state index contributed by atoms with van der Waals surface area (Å²) in [6.45, 7) is 0.902. The average Bonchev–Trinajstić information content (AvgIpc) is 3.06. The molecule has 7 nitrogen and oxygen atoms in total. The van der Waals surface area contributed by atoms with Crippen molar-refractivity contribution in [2.45, 2.75) is 24.8 Å². The molecular weight excluding hydrogens is 349 g/mol. The normalized spacial score (nSPS) is 16.0. The number of likely N-dealkylation sites (tertiary alicyclic amines) is 1. The predicted molar refractivity (Wildman–Crippen MR) is 99.5 cm³/mol. The maximum atomic E-state index is 13.3. The van der Waals surface area contributed by atoms with Gasteiger partial charge >= 0.3 is 0 Å². The van der Waals surface area contributed by atoms with Crippen LogP contribution in [0.25, 0.3) is 0 Å². The Kier molecular flexibility index (Phi) is 5.43. The van der Waals surface area contributed by atoms with E-state index in [4.69, 9.17) is 0 Å². The lowest BCUT2D eigenvalue weighted by molar-refractivity contribution is -0.135. The molecule has 27 heavy (non-hydrogen) atoms. The van der Waals surface area contributed by atoms with Crippen molar-refractivity contribution in [1.29, 1.82) is 0 Å². The first kappa shape index (κ1) is 18.9. The molecule has 144 valence electrons. The van der Waals surface area contributed by atoms with E-state index >= 15 is 0 Å². The van der Waals surface area contributed by atoms with Gasteiger partial charge in [-0.3, -0.25) is 14.3 Å². The summed E-state index contributed by atoms with van der Waals surface area (Å²) in [5, 5.41) is 10.2. The smallest absolute Gasteiger partial charge is 0.245 e. The van der Waals surface area contributed by atoms with Crippen molar-refractivity contribution in [2.75, 3.05) is 25.5 Å². The molecular formula is C19H24FN5O2. The summed E-state index contributed by atoms with van der Waals surface area (Å²) in [4.78, 5) is 26.9. The third-order valence-electron chi connectivity index (χ3n) is 5.06. The minimum atomic E-state index is -0.793. The highest BCUT2D eigenvalue weighted by Crippen LogP contribution is 2.27. The van der Waals surface area contributed by atoms with Gasteiger partial charge in [-0.2, -0.15) is 5.10 Å². The van der Waals surface area contributed by atoms with E-state index in [0.29, 0.717) is 31.5 Å². The van der Waals surface area contributed by atoms with Crippen LogP contribution in [-0.2, 0) is 23.1 Å². The molecule has 1 fully saturated rings. The van der Waals surface area contributed by atoms with E-state index in [-0.39, 0.29) is 24.1 Å². The first-order valence-corrected chi connectivity index (χ1v) is 8.94. The van der Waals surface area contributed by atoms with Gasteiger partial charge in [0, 0.05) is 33.3 Å². The number of likely N-dealkylation sites (N-methyl/N-ethyl adjacent to an activating group) is 1. The maximum absolute atomic E-state index is 13.3. The second-order valence-electron chi connectivity index (χ2n) is 6.81. The fraction of sp³-hybridized carbons (Fsp3) is 0.421. The number of anilines is 1. The Morgan fingerprint density at radius 2 is 2.00 bits per heavy atom. The number of aromatic nitrogens is 2. The third kappa shape index (κ3) is 4.10. The molecule has 1 aliphatic heterocycles. The summed E-state index contributed by atoms with van der Waals surface area (Å²) in [6, 6.07) is 7.88. The largest absolute Gasteiger partial charge is 0.357 e. The van der Waals surface area contributed by atoms with Crippen LogP contribution in [0.5, 0.6) is 0 Å². The van der Waals surface area contributed by atoms with Gasteiger partial charge in [0.15, 0.2) is 0 Å². The number of rotatable bonds is 5. The van der Waals surface area contributed by atoms with Crippen molar-refractivity contribution in [3.05, 3.63) is 47.9 Å².